The molecule has 80 valence electrons. The Morgan fingerprint density at radius 1 is 1.20 bits per heavy atom. The van der Waals surface area contributed by atoms with Crippen LogP contribution in [0.25, 0.3) is 0 Å². The second-order valence-corrected chi connectivity index (χ2v) is 5.55. The van der Waals surface area contributed by atoms with Gasteiger partial charge in [-0.1, -0.05) is 25.1 Å². The van der Waals surface area contributed by atoms with Crippen LogP contribution in [0.5, 0.6) is 0 Å². The van der Waals surface area contributed by atoms with Crippen LogP contribution in [-0.2, 0) is 4.79 Å². The molecule has 1 aliphatic carbocycles. The molecule has 15 heavy (non-hydrogen) atoms. The van der Waals surface area contributed by atoms with Gasteiger partial charge in [0.05, 0.1) is 5.25 Å². The van der Waals surface area contributed by atoms with Crippen molar-refractivity contribution in [2.75, 3.05) is 0 Å². The van der Waals surface area contributed by atoms with Gasteiger partial charge < -0.3 is 0 Å². The van der Waals surface area contributed by atoms with Crippen molar-refractivity contribution in [1.29, 1.82) is 0 Å². The molecule has 0 N–H and O–H groups in total. The van der Waals surface area contributed by atoms with Crippen LogP contribution in [0.2, 0.25) is 0 Å². The monoisotopic (exact) mass is 220 g/mol. The minimum atomic E-state index is 0.198. The molecule has 2 atom stereocenters. The predicted molar refractivity (Wildman–Crippen MR) is 64.1 cm³/mol. The Morgan fingerprint density at radius 3 is 2.60 bits per heavy atom. The van der Waals surface area contributed by atoms with Crippen LogP contribution in [0.3, 0.4) is 0 Å². The summed E-state index contributed by atoms with van der Waals surface area (Å²) < 4.78 is 0. The van der Waals surface area contributed by atoms with E-state index in [1.54, 1.807) is 11.8 Å². The van der Waals surface area contributed by atoms with E-state index in [0.29, 0.717) is 11.7 Å². The standard InChI is InChI=1S/C13H16OS/c1-10-7-8-13(12(14)9-10)15-11-5-3-2-4-6-11/h2-6,10,13H,7-9H2,1H3. The third-order valence-corrected chi connectivity index (χ3v) is 4.18. The maximum Gasteiger partial charge on any atom is 0.146 e. The molecule has 0 amide bonds. The van der Waals surface area contributed by atoms with Gasteiger partial charge in [-0.05, 0) is 30.9 Å². The maximum absolute atomic E-state index is 11.8. The first-order valence-corrected chi connectivity index (χ1v) is 6.38. The normalized spacial score (nSPS) is 26.6. The van der Waals surface area contributed by atoms with Gasteiger partial charge in [0, 0.05) is 11.3 Å². The molecule has 0 aromatic heterocycles. The van der Waals surface area contributed by atoms with E-state index in [2.05, 4.69) is 19.1 Å². The van der Waals surface area contributed by atoms with E-state index in [4.69, 9.17) is 0 Å². The van der Waals surface area contributed by atoms with Crippen LogP contribution >= 0.6 is 11.8 Å². The first-order chi connectivity index (χ1) is 7.25. The molecule has 0 radical (unpaired) electrons. The van der Waals surface area contributed by atoms with Crippen molar-refractivity contribution in [2.45, 2.75) is 36.3 Å². The van der Waals surface area contributed by atoms with E-state index in [0.717, 1.165) is 12.8 Å². The quantitative estimate of drug-likeness (QED) is 0.758. The molecule has 1 aromatic carbocycles. The number of benzene rings is 1. The zero-order chi connectivity index (χ0) is 10.7. The van der Waals surface area contributed by atoms with Crippen LogP contribution in [-0.4, -0.2) is 11.0 Å². The Hall–Kier alpha value is -0.760. The highest BCUT2D eigenvalue weighted by molar-refractivity contribution is 8.00. The van der Waals surface area contributed by atoms with Crippen molar-refractivity contribution in [1.82, 2.24) is 0 Å². The van der Waals surface area contributed by atoms with E-state index in [1.165, 1.54) is 11.3 Å². The minimum Gasteiger partial charge on any atom is -0.298 e. The molecular weight excluding hydrogens is 204 g/mol. The third kappa shape index (κ3) is 2.85. The lowest BCUT2D eigenvalue weighted by Gasteiger charge is -2.24. The molecule has 1 fully saturated rings. The average molecular weight is 220 g/mol. The number of carbonyl (C=O) groups excluding carboxylic acids is 1. The number of ketones is 1. The molecule has 1 aromatic rings. The van der Waals surface area contributed by atoms with Gasteiger partial charge in [-0.15, -0.1) is 11.8 Å². The molecule has 0 bridgehead atoms. The Morgan fingerprint density at radius 2 is 1.93 bits per heavy atom. The van der Waals surface area contributed by atoms with Crippen LogP contribution in [0.15, 0.2) is 35.2 Å². The van der Waals surface area contributed by atoms with Gasteiger partial charge >= 0.3 is 0 Å². The molecule has 1 nitrogen and oxygen atoms in total. The maximum atomic E-state index is 11.8. The molecule has 0 spiro atoms. The fourth-order valence-electron chi connectivity index (χ4n) is 1.96. The number of hydrogen-bond acceptors (Lipinski definition) is 2. The second-order valence-electron chi connectivity index (χ2n) is 4.27. The molecule has 1 saturated carbocycles. The molecule has 2 rings (SSSR count). The van der Waals surface area contributed by atoms with Gasteiger partial charge in [-0.2, -0.15) is 0 Å². The van der Waals surface area contributed by atoms with Crippen LogP contribution in [0, 0.1) is 5.92 Å². The molecule has 0 aliphatic heterocycles. The van der Waals surface area contributed by atoms with Crippen LogP contribution in [0.1, 0.15) is 26.2 Å². The SMILES string of the molecule is CC1CCC(Sc2ccccc2)C(=O)C1. The van der Waals surface area contributed by atoms with Crippen LogP contribution < -0.4 is 0 Å². The lowest BCUT2D eigenvalue weighted by molar-refractivity contribution is -0.120. The van der Waals surface area contributed by atoms with Gasteiger partial charge in [0.1, 0.15) is 5.78 Å². The Kier molecular flexibility index (Phi) is 3.47. The molecule has 0 saturated heterocycles. The number of rotatable bonds is 2. The molecule has 2 heteroatoms. The Bertz CT molecular complexity index is 334. The zero-order valence-electron chi connectivity index (χ0n) is 8.98. The highest BCUT2D eigenvalue weighted by Gasteiger charge is 2.26. The van der Waals surface area contributed by atoms with E-state index in [1.807, 2.05) is 18.2 Å². The summed E-state index contributed by atoms with van der Waals surface area (Å²) in [4.78, 5) is 13.0. The smallest absolute Gasteiger partial charge is 0.146 e. The summed E-state index contributed by atoms with van der Waals surface area (Å²) >= 11 is 1.73. The zero-order valence-corrected chi connectivity index (χ0v) is 9.80. The van der Waals surface area contributed by atoms with Crippen LogP contribution in [0.4, 0.5) is 0 Å². The Balaban J connectivity index is 1.98. The Labute approximate surface area is 95.3 Å². The summed E-state index contributed by atoms with van der Waals surface area (Å²) in [5.41, 5.74) is 0. The van der Waals surface area contributed by atoms with Gasteiger partial charge in [-0.3, -0.25) is 4.79 Å². The first kappa shape index (κ1) is 10.7. The number of hydrogen-bond donors (Lipinski definition) is 0. The second kappa shape index (κ2) is 4.84. The van der Waals surface area contributed by atoms with E-state index in [-0.39, 0.29) is 5.25 Å². The lowest BCUT2D eigenvalue weighted by Crippen LogP contribution is -2.25. The van der Waals surface area contributed by atoms with Crippen molar-refractivity contribution < 1.29 is 4.79 Å². The van der Waals surface area contributed by atoms with Crippen molar-refractivity contribution in [2.24, 2.45) is 5.92 Å². The van der Waals surface area contributed by atoms with E-state index < -0.39 is 0 Å². The van der Waals surface area contributed by atoms with E-state index in [9.17, 15) is 4.79 Å². The molecule has 1 aliphatic rings. The van der Waals surface area contributed by atoms with Gasteiger partial charge in [-0.25, -0.2) is 0 Å². The summed E-state index contributed by atoms with van der Waals surface area (Å²) in [6.45, 7) is 2.17. The topological polar surface area (TPSA) is 17.1 Å². The van der Waals surface area contributed by atoms with Gasteiger partial charge in [0.2, 0.25) is 0 Å². The van der Waals surface area contributed by atoms with Crippen molar-refractivity contribution in [3.63, 3.8) is 0 Å². The van der Waals surface area contributed by atoms with Crippen molar-refractivity contribution >= 4 is 17.5 Å². The summed E-state index contributed by atoms with van der Waals surface area (Å²) in [6, 6.07) is 10.2. The summed E-state index contributed by atoms with van der Waals surface area (Å²) in [5, 5.41) is 0.198. The highest BCUT2D eigenvalue weighted by atomic mass is 32.2. The number of Topliss-reactive ketones (excluding diaryl/α,β-unsaturated/α-hetero) is 1. The fraction of sp³-hybridized carbons (Fsp3) is 0.462. The van der Waals surface area contributed by atoms with Gasteiger partial charge in [0.25, 0.3) is 0 Å². The van der Waals surface area contributed by atoms with Crippen molar-refractivity contribution in [3.05, 3.63) is 30.3 Å². The molecular formula is C13H16OS. The average Bonchev–Trinajstić information content (AvgIpc) is 2.24. The lowest BCUT2D eigenvalue weighted by atomic mass is 9.89. The van der Waals surface area contributed by atoms with Crippen molar-refractivity contribution in [3.8, 4) is 0 Å². The van der Waals surface area contributed by atoms with Gasteiger partial charge in [0.15, 0.2) is 0 Å². The van der Waals surface area contributed by atoms with E-state index >= 15 is 0 Å². The third-order valence-electron chi connectivity index (χ3n) is 2.85. The summed E-state index contributed by atoms with van der Waals surface area (Å²) in [6.07, 6.45) is 3.00. The fourth-order valence-corrected chi connectivity index (χ4v) is 3.09. The molecule has 2 unspecified atom stereocenters. The minimum absolute atomic E-state index is 0.198. The number of carbonyl (C=O) groups is 1. The molecule has 0 heterocycles. The summed E-state index contributed by atoms with van der Waals surface area (Å²) in [7, 11) is 0. The first-order valence-electron chi connectivity index (χ1n) is 5.50. The predicted octanol–water partition coefficient (Wildman–Crippen LogP) is 3.54. The summed E-state index contributed by atoms with van der Waals surface area (Å²) in [5.74, 6) is 1.02. The highest BCUT2D eigenvalue weighted by Crippen LogP contribution is 2.33. The number of thioether (sulfide) groups is 1. The largest absolute Gasteiger partial charge is 0.298 e.